The highest BCUT2D eigenvalue weighted by Crippen LogP contribution is 2.29. The van der Waals surface area contributed by atoms with E-state index < -0.39 is 11.9 Å². The van der Waals surface area contributed by atoms with Crippen LogP contribution in [0.25, 0.3) is 0 Å². The largest absolute Gasteiger partial charge is 0.497 e. The molecule has 0 aliphatic rings. The van der Waals surface area contributed by atoms with Gasteiger partial charge in [-0.3, -0.25) is 4.79 Å². The fourth-order valence-corrected chi connectivity index (χ4v) is 2.61. The van der Waals surface area contributed by atoms with Gasteiger partial charge >= 0.3 is 5.97 Å². The number of hydrogen-bond acceptors (Lipinski definition) is 6. The van der Waals surface area contributed by atoms with Crippen LogP contribution in [0.2, 0.25) is 0 Å². The molecule has 0 radical (unpaired) electrons. The van der Waals surface area contributed by atoms with E-state index in [1.807, 2.05) is 13.8 Å². The molecule has 0 aromatic heterocycles. The summed E-state index contributed by atoms with van der Waals surface area (Å²) in [7, 11) is 3.12. The van der Waals surface area contributed by atoms with Gasteiger partial charge in [0.25, 0.3) is 5.91 Å². The lowest BCUT2D eigenvalue weighted by atomic mass is 10.1. The minimum Gasteiger partial charge on any atom is -0.497 e. The Balaban J connectivity index is 1.92. The molecule has 0 spiro atoms. The van der Waals surface area contributed by atoms with E-state index in [0.717, 1.165) is 5.56 Å². The van der Waals surface area contributed by atoms with E-state index in [4.69, 9.17) is 18.9 Å². The second-order valence-corrected chi connectivity index (χ2v) is 5.93. The van der Waals surface area contributed by atoms with Crippen LogP contribution in [0.3, 0.4) is 0 Å². The number of benzene rings is 2. The van der Waals surface area contributed by atoms with Crippen LogP contribution in [0.5, 0.6) is 17.2 Å². The SMILES string of the molecule is CCOc1ccc(C(=O)OCC(=O)N[C@@H](C)c2cc(OC)ccc2OC)cc1. The van der Waals surface area contributed by atoms with Gasteiger partial charge in [0.05, 0.1) is 32.4 Å². The molecule has 28 heavy (non-hydrogen) atoms. The van der Waals surface area contributed by atoms with Gasteiger partial charge in [-0.05, 0) is 56.3 Å². The van der Waals surface area contributed by atoms with Crippen molar-refractivity contribution in [3.05, 3.63) is 53.6 Å². The van der Waals surface area contributed by atoms with Gasteiger partial charge in [-0.15, -0.1) is 0 Å². The van der Waals surface area contributed by atoms with Gasteiger partial charge in [-0.1, -0.05) is 0 Å². The molecule has 0 heterocycles. The molecule has 0 unspecified atom stereocenters. The Hall–Kier alpha value is -3.22. The molecule has 0 aliphatic carbocycles. The van der Waals surface area contributed by atoms with E-state index in [9.17, 15) is 9.59 Å². The second-order valence-electron chi connectivity index (χ2n) is 5.93. The van der Waals surface area contributed by atoms with Crippen molar-refractivity contribution in [2.75, 3.05) is 27.4 Å². The summed E-state index contributed by atoms with van der Waals surface area (Å²) in [6, 6.07) is 11.5. The zero-order valence-corrected chi connectivity index (χ0v) is 16.5. The zero-order chi connectivity index (χ0) is 20.5. The van der Waals surface area contributed by atoms with Gasteiger partial charge in [-0.2, -0.15) is 0 Å². The summed E-state index contributed by atoms with van der Waals surface area (Å²) in [5.74, 6) is 0.943. The fraction of sp³-hybridized carbons (Fsp3) is 0.333. The number of methoxy groups -OCH3 is 2. The topological polar surface area (TPSA) is 83.1 Å². The Morgan fingerprint density at radius 1 is 1.00 bits per heavy atom. The van der Waals surface area contributed by atoms with Crippen molar-refractivity contribution in [1.29, 1.82) is 0 Å². The lowest BCUT2D eigenvalue weighted by Crippen LogP contribution is -2.31. The fourth-order valence-electron chi connectivity index (χ4n) is 2.61. The molecule has 1 amide bonds. The van der Waals surface area contributed by atoms with Crippen LogP contribution in [-0.2, 0) is 9.53 Å². The Labute approximate surface area is 164 Å². The molecule has 0 saturated carbocycles. The molecule has 7 nitrogen and oxygen atoms in total. The molecular weight excluding hydrogens is 362 g/mol. The summed E-state index contributed by atoms with van der Waals surface area (Å²) in [4.78, 5) is 24.3. The van der Waals surface area contributed by atoms with Crippen LogP contribution >= 0.6 is 0 Å². The maximum Gasteiger partial charge on any atom is 0.338 e. The van der Waals surface area contributed by atoms with Gasteiger partial charge in [0.15, 0.2) is 6.61 Å². The van der Waals surface area contributed by atoms with Crippen molar-refractivity contribution < 1.29 is 28.5 Å². The third-order valence-corrected chi connectivity index (χ3v) is 4.02. The predicted molar refractivity (Wildman–Crippen MR) is 104 cm³/mol. The molecular formula is C21H25NO6. The Bertz CT molecular complexity index is 803. The third-order valence-electron chi connectivity index (χ3n) is 4.02. The predicted octanol–water partition coefficient (Wildman–Crippen LogP) is 3.14. The standard InChI is InChI=1S/C21H25NO6/c1-5-27-16-8-6-15(7-9-16)21(24)28-13-20(23)22-14(2)18-12-17(25-3)10-11-19(18)26-4/h6-12,14H,5,13H2,1-4H3,(H,22,23)/t14-/m0/s1. The van der Waals surface area contributed by atoms with Crippen LogP contribution in [0.1, 0.15) is 35.8 Å². The number of nitrogens with one attached hydrogen (secondary N) is 1. The van der Waals surface area contributed by atoms with E-state index in [0.29, 0.717) is 29.4 Å². The highest BCUT2D eigenvalue weighted by molar-refractivity contribution is 5.91. The minimum atomic E-state index is -0.579. The van der Waals surface area contributed by atoms with Crippen LogP contribution in [-0.4, -0.2) is 39.3 Å². The van der Waals surface area contributed by atoms with Gasteiger partial charge in [0.2, 0.25) is 0 Å². The first kappa shape index (κ1) is 21.1. The van der Waals surface area contributed by atoms with Crippen molar-refractivity contribution >= 4 is 11.9 Å². The van der Waals surface area contributed by atoms with Crippen molar-refractivity contribution in [1.82, 2.24) is 5.32 Å². The maximum atomic E-state index is 12.2. The summed E-state index contributed by atoms with van der Waals surface area (Å²) in [6.07, 6.45) is 0. The molecule has 1 atom stereocenters. The highest BCUT2D eigenvalue weighted by atomic mass is 16.5. The summed E-state index contributed by atoms with van der Waals surface area (Å²) in [6.45, 7) is 3.84. The zero-order valence-electron chi connectivity index (χ0n) is 16.5. The Morgan fingerprint density at radius 2 is 1.68 bits per heavy atom. The van der Waals surface area contributed by atoms with Crippen LogP contribution < -0.4 is 19.5 Å². The summed E-state index contributed by atoms with van der Waals surface area (Å²) < 4.78 is 20.9. The lowest BCUT2D eigenvalue weighted by Gasteiger charge is -2.18. The first-order valence-corrected chi connectivity index (χ1v) is 8.89. The van der Waals surface area contributed by atoms with Gasteiger partial charge < -0.3 is 24.3 Å². The number of carbonyl (C=O) groups is 2. The lowest BCUT2D eigenvalue weighted by molar-refractivity contribution is -0.124. The van der Waals surface area contributed by atoms with E-state index in [1.54, 1.807) is 56.7 Å². The molecule has 1 N–H and O–H groups in total. The number of amides is 1. The average molecular weight is 387 g/mol. The van der Waals surface area contributed by atoms with Gasteiger partial charge in [0.1, 0.15) is 17.2 Å². The number of esters is 1. The molecule has 7 heteroatoms. The summed E-state index contributed by atoms with van der Waals surface area (Å²) >= 11 is 0. The van der Waals surface area contributed by atoms with E-state index in [1.165, 1.54) is 0 Å². The molecule has 2 rings (SSSR count). The second kappa shape index (κ2) is 10.2. The number of hydrogen-bond donors (Lipinski definition) is 1. The molecule has 2 aromatic carbocycles. The number of rotatable bonds is 9. The highest BCUT2D eigenvalue weighted by Gasteiger charge is 2.17. The van der Waals surface area contributed by atoms with Crippen molar-refractivity contribution in [3.63, 3.8) is 0 Å². The first-order valence-electron chi connectivity index (χ1n) is 8.89. The van der Waals surface area contributed by atoms with Gasteiger partial charge in [-0.25, -0.2) is 4.79 Å². The molecule has 0 fully saturated rings. The third kappa shape index (κ3) is 5.64. The van der Waals surface area contributed by atoms with E-state index >= 15 is 0 Å². The normalized spacial score (nSPS) is 11.3. The van der Waals surface area contributed by atoms with Crippen molar-refractivity contribution in [2.45, 2.75) is 19.9 Å². The average Bonchev–Trinajstić information content (AvgIpc) is 2.72. The van der Waals surface area contributed by atoms with Crippen molar-refractivity contribution in [3.8, 4) is 17.2 Å². The summed E-state index contributed by atoms with van der Waals surface area (Å²) in [5.41, 5.74) is 1.10. The number of carbonyl (C=O) groups excluding carboxylic acids is 2. The molecule has 0 aliphatic heterocycles. The Morgan fingerprint density at radius 3 is 2.29 bits per heavy atom. The van der Waals surface area contributed by atoms with Crippen molar-refractivity contribution in [2.24, 2.45) is 0 Å². The van der Waals surface area contributed by atoms with Crippen LogP contribution in [0, 0.1) is 0 Å². The maximum absolute atomic E-state index is 12.2. The van der Waals surface area contributed by atoms with E-state index in [2.05, 4.69) is 5.32 Å². The quantitative estimate of drug-likeness (QED) is 0.666. The number of ether oxygens (including phenoxy) is 4. The molecule has 150 valence electrons. The Kier molecular flexibility index (Phi) is 7.68. The smallest absolute Gasteiger partial charge is 0.338 e. The van der Waals surface area contributed by atoms with Gasteiger partial charge in [0, 0.05) is 5.56 Å². The summed E-state index contributed by atoms with van der Waals surface area (Å²) in [5, 5.41) is 2.78. The monoisotopic (exact) mass is 387 g/mol. The minimum absolute atomic E-state index is 0.346. The molecule has 2 aromatic rings. The first-order chi connectivity index (χ1) is 13.5. The van der Waals surface area contributed by atoms with Crippen LogP contribution in [0.4, 0.5) is 0 Å². The van der Waals surface area contributed by atoms with E-state index in [-0.39, 0.29) is 12.6 Å². The molecule has 0 bridgehead atoms. The molecule has 0 saturated heterocycles. The van der Waals surface area contributed by atoms with Crippen LogP contribution in [0.15, 0.2) is 42.5 Å².